The zero-order chi connectivity index (χ0) is 18.9. The van der Waals surface area contributed by atoms with Crippen molar-refractivity contribution in [2.45, 2.75) is 19.4 Å². The lowest BCUT2D eigenvalue weighted by Crippen LogP contribution is -2.29. The van der Waals surface area contributed by atoms with Crippen LogP contribution in [0.5, 0.6) is 17.2 Å². The number of amides is 1. The van der Waals surface area contributed by atoms with Gasteiger partial charge in [-0.2, -0.15) is 0 Å². The smallest absolute Gasteiger partial charge is 0.224 e. The van der Waals surface area contributed by atoms with E-state index < -0.39 is 6.10 Å². The van der Waals surface area contributed by atoms with E-state index >= 15 is 0 Å². The van der Waals surface area contributed by atoms with Gasteiger partial charge >= 0.3 is 0 Å². The Kier molecular flexibility index (Phi) is 7.29. The first kappa shape index (κ1) is 19.6. The first-order valence-electron chi connectivity index (χ1n) is 8.45. The molecule has 2 aromatic carbocycles. The van der Waals surface area contributed by atoms with Gasteiger partial charge in [0.2, 0.25) is 5.91 Å². The lowest BCUT2D eigenvalue weighted by Gasteiger charge is -2.15. The molecular weight excluding hydrogens is 334 g/mol. The molecule has 0 aromatic heterocycles. The molecule has 0 heterocycles. The number of aliphatic hydroxyl groups excluding tert-OH is 1. The summed E-state index contributed by atoms with van der Waals surface area (Å²) in [6.45, 7) is 2.64. The predicted octanol–water partition coefficient (Wildman–Crippen LogP) is 2.49. The van der Waals surface area contributed by atoms with Crippen LogP contribution >= 0.6 is 0 Å². The molecule has 0 aliphatic rings. The third kappa shape index (κ3) is 5.39. The predicted molar refractivity (Wildman–Crippen MR) is 98.8 cm³/mol. The maximum Gasteiger partial charge on any atom is 0.224 e. The van der Waals surface area contributed by atoms with Gasteiger partial charge in [0.05, 0.1) is 33.4 Å². The molecule has 2 rings (SSSR count). The van der Waals surface area contributed by atoms with Crippen molar-refractivity contribution in [3.05, 3.63) is 53.6 Å². The number of ether oxygens (including phenoxy) is 3. The summed E-state index contributed by atoms with van der Waals surface area (Å²) in [6, 6.07) is 12.5. The Morgan fingerprint density at radius 2 is 1.77 bits per heavy atom. The molecule has 0 saturated heterocycles. The molecule has 1 amide bonds. The van der Waals surface area contributed by atoms with Crippen LogP contribution < -0.4 is 19.5 Å². The highest BCUT2D eigenvalue weighted by molar-refractivity contribution is 5.78. The largest absolute Gasteiger partial charge is 0.494 e. The van der Waals surface area contributed by atoms with E-state index in [9.17, 15) is 9.90 Å². The minimum absolute atomic E-state index is 0.116. The molecule has 0 fully saturated rings. The zero-order valence-electron chi connectivity index (χ0n) is 15.3. The third-order valence-corrected chi connectivity index (χ3v) is 3.88. The summed E-state index contributed by atoms with van der Waals surface area (Å²) in [5.41, 5.74) is 1.52. The van der Waals surface area contributed by atoms with E-state index in [4.69, 9.17) is 14.2 Å². The van der Waals surface area contributed by atoms with Crippen LogP contribution in [0.15, 0.2) is 42.5 Å². The number of hydrogen-bond donors (Lipinski definition) is 2. The maximum absolute atomic E-state index is 12.1. The minimum atomic E-state index is -0.834. The molecule has 140 valence electrons. The quantitative estimate of drug-likeness (QED) is 0.719. The fraction of sp³-hybridized carbons (Fsp3) is 0.350. The summed E-state index contributed by atoms with van der Waals surface area (Å²) in [6.07, 6.45) is -0.593. The lowest BCUT2D eigenvalue weighted by atomic mass is 10.1. The van der Waals surface area contributed by atoms with Crippen LogP contribution in [0, 0.1) is 0 Å². The first-order chi connectivity index (χ1) is 12.6. The molecule has 2 N–H and O–H groups in total. The van der Waals surface area contributed by atoms with Gasteiger partial charge < -0.3 is 24.6 Å². The molecule has 0 aliphatic heterocycles. The summed E-state index contributed by atoms with van der Waals surface area (Å²) in [7, 11) is 3.09. The third-order valence-electron chi connectivity index (χ3n) is 3.88. The van der Waals surface area contributed by atoms with E-state index in [0.29, 0.717) is 23.7 Å². The highest BCUT2D eigenvalue weighted by Gasteiger charge is 2.13. The number of methoxy groups -OCH3 is 2. The number of carbonyl (C=O) groups excluding carboxylic acids is 1. The van der Waals surface area contributed by atoms with Gasteiger partial charge in [-0.1, -0.05) is 18.2 Å². The monoisotopic (exact) mass is 359 g/mol. The summed E-state index contributed by atoms with van der Waals surface area (Å²) in [4.78, 5) is 12.1. The number of nitrogens with one attached hydrogen (secondary N) is 1. The Morgan fingerprint density at radius 1 is 1.08 bits per heavy atom. The molecule has 2 aromatic rings. The van der Waals surface area contributed by atoms with Crippen molar-refractivity contribution in [3.63, 3.8) is 0 Å². The normalized spacial score (nSPS) is 11.5. The second kappa shape index (κ2) is 9.68. The van der Waals surface area contributed by atoms with Gasteiger partial charge in [-0.15, -0.1) is 0 Å². The van der Waals surface area contributed by atoms with Crippen molar-refractivity contribution in [1.29, 1.82) is 0 Å². The molecular formula is C20H25NO5. The summed E-state index contributed by atoms with van der Waals surface area (Å²) >= 11 is 0. The van der Waals surface area contributed by atoms with Gasteiger partial charge in [0.1, 0.15) is 5.75 Å². The van der Waals surface area contributed by atoms with Crippen molar-refractivity contribution in [2.75, 3.05) is 27.4 Å². The van der Waals surface area contributed by atoms with Crippen molar-refractivity contribution < 1.29 is 24.1 Å². The standard InChI is InChI=1S/C20H25NO5/c1-4-26-16-8-5-14(6-9-16)11-20(23)21-13-17(22)15-7-10-18(24-2)19(12-15)25-3/h5-10,12,17,22H,4,11,13H2,1-3H3,(H,21,23)/t17-/m0/s1. The molecule has 6 heteroatoms. The Bertz CT molecular complexity index is 715. The minimum Gasteiger partial charge on any atom is -0.494 e. The highest BCUT2D eigenvalue weighted by atomic mass is 16.5. The SMILES string of the molecule is CCOc1ccc(CC(=O)NC[C@H](O)c2ccc(OC)c(OC)c2)cc1. The molecule has 0 radical (unpaired) electrons. The molecule has 1 atom stereocenters. The number of aliphatic hydroxyl groups is 1. The van der Waals surface area contributed by atoms with E-state index in [1.54, 1.807) is 25.3 Å². The van der Waals surface area contributed by atoms with Gasteiger partial charge in [0.25, 0.3) is 0 Å². The number of hydrogen-bond acceptors (Lipinski definition) is 5. The summed E-state index contributed by atoms with van der Waals surface area (Å²) < 4.78 is 15.8. The molecule has 6 nitrogen and oxygen atoms in total. The number of carbonyl (C=O) groups is 1. The van der Waals surface area contributed by atoms with Crippen molar-refractivity contribution in [3.8, 4) is 17.2 Å². The molecule has 0 bridgehead atoms. The van der Waals surface area contributed by atoms with Gasteiger partial charge in [-0.3, -0.25) is 4.79 Å². The highest BCUT2D eigenvalue weighted by Crippen LogP contribution is 2.29. The van der Waals surface area contributed by atoms with Crippen LogP contribution in [0.3, 0.4) is 0 Å². The molecule has 0 saturated carbocycles. The second-order valence-electron chi connectivity index (χ2n) is 5.69. The van der Waals surface area contributed by atoms with Crippen molar-refractivity contribution in [1.82, 2.24) is 5.32 Å². The van der Waals surface area contributed by atoms with Gasteiger partial charge in [-0.05, 0) is 42.3 Å². The number of benzene rings is 2. The Labute approximate surface area is 153 Å². The Hall–Kier alpha value is -2.73. The molecule has 0 unspecified atom stereocenters. The second-order valence-corrected chi connectivity index (χ2v) is 5.69. The van der Waals surface area contributed by atoms with E-state index in [-0.39, 0.29) is 18.9 Å². The molecule has 0 spiro atoms. The molecule has 26 heavy (non-hydrogen) atoms. The Balaban J connectivity index is 1.88. The average Bonchev–Trinajstić information content (AvgIpc) is 2.67. The fourth-order valence-electron chi connectivity index (χ4n) is 2.51. The van der Waals surface area contributed by atoms with E-state index in [2.05, 4.69) is 5.32 Å². The summed E-state index contributed by atoms with van der Waals surface area (Å²) in [5.74, 6) is 1.74. The van der Waals surface area contributed by atoms with Crippen molar-refractivity contribution in [2.24, 2.45) is 0 Å². The molecule has 0 aliphatic carbocycles. The van der Waals surface area contributed by atoms with Gasteiger partial charge in [0.15, 0.2) is 11.5 Å². The topological polar surface area (TPSA) is 77.0 Å². The van der Waals surface area contributed by atoms with Gasteiger partial charge in [-0.25, -0.2) is 0 Å². The van der Waals surface area contributed by atoms with Crippen LogP contribution in [0.4, 0.5) is 0 Å². The zero-order valence-corrected chi connectivity index (χ0v) is 15.3. The van der Waals surface area contributed by atoms with E-state index in [1.165, 1.54) is 7.11 Å². The first-order valence-corrected chi connectivity index (χ1v) is 8.45. The van der Waals surface area contributed by atoms with Gasteiger partial charge in [0, 0.05) is 6.54 Å². The van der Waals surface area contributed by atoms with Crippen molar-refractivity contribution >= 4 is 5.91 Å². The van der Waals surface area contributed by atoms with Crippen LogP contribution in [-0.4, -0.2) is 38.4 Å². The average molecular weight is 359 g/mol. The van der Waals surface area contributed by atoms with Crippen LogP contribution in [0.25, 0.3) is 0 Å². The summed E-state index contributed by atoms with van der Waals surface area (Å²) in [5, 5.41) is 13.0. The lowest BCUT2D eigenvalue weighted by molar-refractivity contribution is -0.120. The maximum atomic E-state index is 12.1. The van der Waals surface area contributed by atoms with Crippen LogP contribution in [0.2, 0.25) is 0 Å². The van der Waals surface area contributed by atoms with Crippen LogP contribution in [0.1, 0.15) is 24.2 Å². The van der Waals surface area contributed by atoms with Crippen LogP contribution in [-0.2, 0) is 11.2 Å². The number of rotatable bonds is 9. The fourth-order valence-corrected chi connectivity index (χ4v) is 2.51. The Morgan fingerprint density at radius 3 is 2.38 bits per heavy atom. The van der Waals surface area contributed by atoms with E-state index in [0.717, 1.165) is 11.3 Å². The van der Waals surface area contributed by atoms with E-state index in [1.807, 2.05) is 31.2 Å².